The second-order valence-corrected chi connectivity index (χ2v) is 4.60. The summed E-state index contributed by atoms with van der Waals surface area (Å²) >= 11 is 9.16. The minimum Gasteiger partial charge on any atom is -0.312 e. The van der Waals surface area contributed by atoms with E-state index in [1.165, 1.54) is 0 Å². The molecule has 0 amide bonds. The van der Waals surface area contributed by atoms with E-state index in [1.54, 1.807) is 18.2 Å². The molecule has 0 aliphatic heterocycles. The molecule has 1 nitrogen and oxygen atoms in total. The Labute approximate surface area is 105 Å². The van der Waals surface area contributed by atoms with Crippen LogP contribution in [0.15, 0.2) is 22.7 Å². The topological polar surface area (TPSA) is 12.0 Å². The van der Waals surface area contributed by atoms with Gasteiger partial charge >= 0.3 is 6.18 Å². The molecule has 1 rings (SSSR count). The molecule has 16 heavy (non-hydrogen) atoms. The third-order valence-corrected chi connectivity index (χ3v) is 2.76. The minimum atomic E-state index is -4.11. The first-order valence-corrected chi connectivity index (χ1v) is 5.77. The predicted molar refractivity (Wildman–Crippen MR) is 61.5 cm³/mol. The van der Waals surface area contributed by atoms with Crippen LogP contribution < -0.4 is 5.32 Å². The van der Waals surface area contributed by atoms with E-state index in [1.807, 2.05) is 0 Å². The molecule has 0 heterocycles. The van der Waals surface area contributed by atoms with Gasteiger partial charge in [-0.05, 0) is 17.7 Å². The summed E-state index contributed by atoms with van der Waals surface area (Å²) in [6.07, 6.45) is -4.95. The fourth-order valence-electron chi connectivity index (χ4n) is 1.12. The molecule has 1 aromatic rings. The normalized spacial score (nSPS) is 11.8. The average Bonchev–Trinajstić information content (AvgIpc) is 2.13. The van der Waals surface area contributed by atoms with E-state index in [-0.39, 0.29) is 6.54 Å². The van der Waals surface area contributed by atoms with Gasteiger partial charge in [-0.2, -0.15) is 13.2 Å². The standard InChI is InChI=1S/C10H10BrClF3N/c11-8-2-1-7(9(12)5-8)6-16-4-3-10(13,14)15/h1-2,5,16H,3-4,6H2. The lowest BCUT2D eigenvalue weighted by Gasteiger charge is -2.09. The molecular weight excluding hydrogens is 306 g/mol. The summed E-state index contributed by atoms with van der Waals surface area (Å²) in [4.78, 5) is 0. The SMILES string of the molecule is FC(F)(F)CCNCc1ccc(Br)cc1Cl. The fraction of sp³-hybridized carbons (Fsp3) is 0.400. The van der Waals surface area contributed by atoms with Gasteiger partial charge in [-0.15, -0.1) is 0 Å². The van der Waals surface area contributed by atoms with Crippen molar-refractivity contribution in [3.8, 4) is 0 Å². The summed E-state index contributed by atoms with van der Waals surface area (Å²) in [5, 5.41) is 3.23. The predicted octanol–water partition coefficient (Wildman–Crippen LogP) is 4.14. The maximum atomic E-state index is 11.8. The zero-order valence-corrected chi connectivity index (χ0v) is 10.6. The van der Waals surface area contributed by atoms with Crippen molar-refractivity contribution in [3.63, 3.8) is 0 Å². The van der Waals surface area contributed by atoms with E-state index < -0.39 is 12.6 Å². The lowest BCUT2D eigenvalue weighted by molar-refractivity contribution is -0.133. The van der Waals surface area contributed by atoms with Crippen LogP contribution in [0.4, 0.5) is 13.2 Å². The molecule has 0 radical (unpaired) electrons. The van der Waals surface area contributed by atoms with Crippen LogP contribution in [0, 0.1) is 0 Å². The number of hydrogen-bond acceptors (Lipinski definition) is 1. The zero-order chi connectivity index (χ0) is 12.2. The second kappa shape index (κ2) is 5.89. The third-order valence-electron chi connectivity index (χ3n) is 1.92. The van der Waals surface area contributed by atoms with Crippen molar-refractivity contribution in [1.29, 1.82) is 0 Å². The van der Waals surface area contributed by atoms with Crippen LogP contribution in [0.5, 0.6) is 0 Å². The van der Waals surface area contributed by atoms with E-state index >= 15 is 0 Å². The smallest absolute Gasteiger partial charge is 0.312 e. The van der Waals surface area contributed by atoms with Crippen molar-refractivity contribution in [3.05, 3.63) is 33.3 Å². The Bertz CT molecular complexity index is 354. The van der Waals surface area contributed by atoms with Gasteiger partial charge < -0.3 is 5.32 Å². The molecule has 0 aliphatic rings. The van der Waals surface area contributed by atoms with E-state index in [2.05, 4.69) is 21.2 Å². The summed E-state index contributed by atoms with van der Waals surface area (Å²) in [7, 11) is 0. The van der Waals surface area contributed by atoms with E-state index in [0.717, 1.165) is 10.0 Å². The van der Waals surface area contributed by atoms with Gasteiger partial charge in [0, 0.05) is 22.6 Å². The summed E-state index contributed by atoms with van der Waals surface area (Å²) in [5.41, 5.74) is 0.784. The van der Waals surface area contributed by atoms with Crippen LogP contribution in [-0.4, -0.2) is 12.7 Å². The van der Waals surface area contributed by atoms with Crippen LogP contribution >= 0.6 is 27.5 Å². The highest BCUT2D eigenvalue weighted by Gasteiger charge is 2.25. The highest BCUT2D eigenvalue weighted by atomic mass is 79.9. The second-order valence-electron chi connectivity index (χ2n) is 3.28. The van der Waals surface area contributed by atoms with Gasteiger partial charge in [0.1, 0.15) is 0 Å². The van der Waals surface area contributed by atoms with Crippen LogP contribution in [-0.2, 0) is 6.54 Å². The molecule has 0 saturated carbocycles. The summed E-state index contributed by atoms with van der Waals surface area (Å²) < 4.78 is 36.4. The zero-order valence-electron chi connectivity index (χ0n) is 8.24. The summed E-state index contributed by atoms with van der Waals surface area (Å²) in [6, 6.07) is 5.28. The number of halogens is 5. The molecule has 1 N–H and O–H groups in total. The Hall–Kier alpha value is -0.260. The Morgan fingerprint density at radius 2 is 2.00 bits per heavy atom. The number of benzene rings is 1. The minimum absolute atomic E-state index is 0.101. The molecule has 0 saturated heterocycles. The molecule has 0 bridgehead atoms. The average molecular weight is 317 g/mol. The van der Waals surface area contributed by atoms with Crippen molar-refractivity contribution < 1.29 is 13.2 Å². The molecule has 0 aromatic heterocycles. The molecule has 0 spiro atoms. The molecule has 90 valence electrons. The summed E-state index contributed by atoms with van der Waals surface area (Å²) in [6.45, 7) is 0.234. The van der Waals surface area contributed by atoms with Crippen LogP contribution in [0.25, 0.3) is 0 Å². The monoisotopic (exact) mass is 315 g/mol. The van der Waals surface area contributed by atoms with Crippen molar-refractivity contribution in [2.75, 3.05) is 6.54 Å². The molecule has 0 unspecified atom stereocenters. The first-order chi connectivity index (χ1) is 7.38. The molecule has 0 aliphatic carbocycles. The lowest BCUT2D eigenvalue weighted by Crippen LogP contribution is -2.21. The third kappa shape index (κ3) is 5.18. The first kappa shape index (κ1) is 13.8. The van der Waals surface area contributed by atoms with Crippen LogP contribution in [0.3, 0.4) is 0 Å². The lowest BCUT2D eigenvalue weighted by atomic mass is 10.2. The molecule has 0 atom stereocenters. The highest BCUT2D eigenvalue weighted by Crippen LogP contribution is 2.21. The largest absolute Gasteiger partial charge is 0.390 e. The number of hydrogen-bond donors (Lipinski definition) is 1. The van der Waals surface area contributed by atoms with Gasteiger partial charge in [-0.3, -0.25) is 0 Å². The molecule has 6 heteroatoms. The molecule has 1 aromatic carbocycles. The summed E-state index contributed by atoms with van der Waals surface area (Å²) in [5.74, 6) is 0. The Morgan fingerprint density at radius 1 is 1.31 bits per heavy atom. The maximum absolute atomic E-state index is 11.8. The van der Waals surface area contributed by atoms with Gasteiger partial charge in [0.15, 0.2) is 0 Å². The van der Waals surface area contributed by atoms with Gasteiger partial charge in [-0.25, -0.2) is 0 Å². The molecular formula is C10H10BrClF3N. The quantitative estimate of drug-likeness (QED) is 0.823. The van der Waals surface area contributed by atoms with Crippen molar-refractivity contribution in [2.24, 2.45) is 0 Å². The fourth-order valence-corrected chi connectivity index (χ4v) is 1.86. The van der Waals surface area contributed by atoms with Crippen LogP contribution in [0.1, 0.15) is 12.0 Å². The van der Waals surface area contributed by atoms with E-state index in [0.29, 0.717) is 11.6 Å². The van der Waals surface area contributed by atoms with Crippen molar-refractivity contribution >= 4 is 27.5 Å². The highest BCUT2D eigenvalue weighted by molar-refractivity contribution is 9.10. The van der Waals surface area contributed by atoms with Crippen LogP contribution in [0.2, 0.25) is 5.02 Å². The Kier molecular flexibility index (Phi) is 5.08. The Balaban J connectivity index is 2.38. The van der Waals surface area contributed by atoms with E-state index in [4.69, 9.17) is 11.6 Å². The van der Waals surface area contributed by atoms with Gasteiger partial charge in [-0.1, -0.05) is 33.6 Å². The number of alkyl halides is 3. The number of nitrogens with one attached hydrogen (secondary N) is 1. The van der Waals surface area contributed by atoms with Gasteiger partial charge in [0.25, 0.3) is 0 Å². The molecule has 0 fully saturated rings. The Morgan fingerprint density at radius 3 is 2.56 bits per heavy atom. The van der Waals surface area contributed by atoms with Gasteiger partial charge in [0.2, 0.25) is 0 Å². The number of rotatable bonds is 4. The first-order valence-electron chi connectivity index (χ1n) is 4.60. The maximum Gasteiger partial charge on any atom is 0.390 e. The van der Waals surface area contributed by atoms with E-state index in [9.17, 15) is 13.2 Å². The van der Waals surface area contributed by atoms with Crippen molar-refractivity contribution in [2.45, 2.75) is 19.1 Å². The van der Waals surface area contributed by atoms with Crippen molar-refractivity contribution in [1.82, 2.24) is 5.32 Å². The van der Waals surface area contributed by atoms with Gasteiger partial charge in [0.05, 0.1) is 6.42 Å².